The second kappa shape index (κ2) is 10.3. The molecule has 30 heavy (non-hydrogen) atoms. The summed E-state index contributed by atoms with van der Waals surface area (Å²) in [6.45, 7) is 5.88. The number of ether oxygens (including phenoxy) is 3. The number of carbonyl (C=O) groups excluding carboxylic acids is 1. The molecule has 1 aliphatic heterocycles. The lowest BCUT2D eigenvalue weighted by atomic mass is 9.99. The molecule has 3 rings (SSSR count). The molecule has 1 saturated heterocycles. The molecular formula is C24H32N2O4. The first-order chi connectivity index (χ1) is 14.5. The van der Waals surface area contributed by atoms with Crippen molar-refractivity contribution in [3.05, 3.63) is 53.1 Å². The van der Waals surface area contributed by atoms with Gasteiger partial charge in [-0.1, -0.05) is 19.1 Å². The number of hydrogen-bond donors (Lipinski definition) is 1. The van der Waals surface area contributed by atoms with Crippen molar-refractivity contribution < 1.29 is 19.0 Å². The van der Waals surface area contributed by atoms with Gasteiger partial charge >= 0.3 is 0 Å². The number of nitrogens with zero attached hydrogens (tertiary/aromatic N) is 1. The molecule has 6 nitrogen and oxygen atoms in total. The highest BCUT2D eigenvalue weighted by atomic mass is 16.5. The Morgan fingerprint density at radius 2 is 1.77 bits per heavy atom. The average molecular weight is 413 g/mol. The summed E-state index contributed by atoms with van der Waals surface area (Å²) < 4.78 is 16.2. The van der Waals surface area contributed by atoms with E-state index in [9.17, 15) is 4.79 Å². The number of carbonyl (C=O) groups is 1. The molecule has 2 aromatic rings. The van der Waals surface area contributed by atoms with E-state index in [1.165, 1.54) is 18.4 Å². The fourth-order valence-corrected chi connectivity index (χ4v) is 4.03. The third kappa shape index (κ3) is 5.25. The van der Waals surface area contributed by atoms with E-state index in [1.807, 2.05) is 30.3 Å². The fourth-order valence-electron chi connectivity index (χ4n) is 4.03. The largest absolute Gasteiger partial charge is 0.493 e. The van der Waals surface area contributed by atoms with Crippen LogP contribution in [0.3, 0.4) is 0 Å². The molecule has 0 spiro atoms. The maximum atomic E-state index is 12.6. The minimum absolute atomic E-state index is 0.120. The van der Waals surface area contributed by atoms with Crippen LogP contribution in [-0.4, -0.2) is 45.2 Å². The van der Waals surface area contributed by atoms with Gasteiger partial charge < -0.3 is 19.5 Å². The minimum atomic E-state index is -0.120. The van der Waals surface area contributed by atoms with Crippen LogP contribution in [0.25, 0.3) is 0 Å². The molecule has 1 fully saturated rings. The van der Waals surface area contributed by atoms with E-state index in [2.05, 4.69) is 17.1 Å². The van der Waals surface area contributed by atoms with Gasteiger partial charge in [0.1, 0.15) is 0 Å². The number of benzene rings is 2. The zero-order valence-corrected chi connectivity index (χ0v) is 18.4. The number of nitrogens with one attached hydrogen (secondary N) is 1. The second-order valence-corrected chi connectivity index (χ2v) is 7.86. The lowest BCUT2D eigenvalue weighted by molar-refractivity contribution is 0.0950. The van der Waals surface area contributed by atoms with Crippen molar-refractivity contribution in [2.45, 2.75) is 32.9 Å². The van der Waals surface area contributed by atoms with Gasteiger partial charge in [-0.15, -0.1) is 0 Å². The van der Waals surface area contributed by atoms with Crippen molar-refractivity contribution in [1.29, 1.82) is 0 Å². The topological polar surface area (TPSA) is 60.0 Å². The van der Waals surface area contributed by atoms with Crippen LogP contribution in [0.2, 0.25) is 0 Å². The third-order valence-electron chi connectivity index (χ3n) is 5.59. The highest BCUT2D eigenvalue weighted by molar-refractivity contribution is 5.94. The summed E-state index contributed by atoms with van der Waals surface area (Å²) in [5.74, 6) is 2.30. The van der Waals surface area contributed by atoms with E-state index < -0.39 is 0 Å². The van der Waals surface area contributed by atoms with Gasteiger partial charge in [0.15, 0.2) is 11.5 Å². The lowest BCUT2D eigenvalue weighted by Crippen LogP contribution is -2.33. The SMILES string of the molecule is COc1ccc(CNC(=O)c2ccc(CN3CCCC(C)C3)cc2)c(OC)c1OC. The molecule has 0 aliphatic carbocycles. The van der Waals surface area contributed by atoms with Gasteiger partial charge in [-0.3, -0.25) is 9.69 Å². The molecule has 1 atom stereocenters. The summed E-state index contributed by atoms with van der Waals surface area (Å²) in [4.78, 5) is 15.1. The number of methoxy groups -OCH3 is 3. The van der Waals surface area contributed by atoms with Crippen LogP contribution in [0.5, 0.6) is 17.2 Å². The minimum Gasteiger partial charge on any atom is -0.493 e. The standard InChI is InChI=1S/C24H32N2O4/c1-17-6-5-13-26(15-17)16-18-7-9-19(10-8-18)24(27)25-14-20-11-12-21(28-2)23(30-4)22(20)29-3/h7-12,17H,5-6,13-16H2,1-4H3,(H,25,27). The molecule has 1 unspecified atom stereocenters. The Balaban J connectivity index is 1.61. The van der Waals surface area contributed by atoms with Crippen molar-refractivity contribution in [1.82, 2.24) is 10.2 Å². The average Bonchev–Trinajstić information content (AvgIpc) is 2.77. The van der Waals surface area contributed by atoms with Crippen LogP contribution in [0.4, 0.5) is 0 Å². The molecule has 1 aliphatic rings. The first-order valence-corrected chi connectivity index (χ1v) is 10.4. The van der Waals surface area contributed by atoms with E-state index in [1.54, 1.807) is 27.4 Å². The first kappa shape index (κ1) is 22.0. The molecular weight excluding hydrogens is 380 g/mol. The number of amides is 1. The van der Waals surface area contributed by atoms with Gasteiger partial charge in [-0.05, 0) is 55.1 Å². The van der Waals surface area contributed by atoms with Crippen LogP contribution in [0, 0.1) is 5.92 Å². The van der Waals surface area contributed by atoms with E-state index in [0.29, 0.717) is 29.4 Å². The smallest absolute Gasteiger partial charge is 0.251 e. The molecule has 6 heteroatoms. The predicted octanol–water partition coefficient (Wildman–Crippen LogP) is 3.87. The molecule has 0 radical (unpaired) electrons. The molecule has 1 heterocycles. The van der Waals surface area contributed by atoms with Crippen LogP contribution in [-0.2, 0) is 13.1 Å². The molecule has 1 N–H and O–H groups in total. The van der Waals surface area contributed by atoms with Crippen molar-refractivity contribution in [2.24, 2.45) is 5.92 Å². The summed E-state index contributed by atoms with van der Waals surface area (Å²) in [6.07, 6.45) is 2.59. The molecule has 0 bridgehead atoms. The molecule has 1 amide bonds. The Kier molecular flexibility index (Phi) is 7.57. The van der Waals surface area contributed by atoms with Crippen LogP contribution >= 0.6 is 0 Å². The van der Waals surface area contributed by atoms with Crippen molar-refractivity contribution in [2.75, 3.05) is 34.4 Å². The van der Waals surface area contributed by atoms with Gasteiger partial charge in [-0.2, -0.15) is 0 Å². The zero-order chi connectivity index (χ0) is 21.5. The van der Waals surface area contributed by atoms with Gasteiger partial charge in [0.2, 0.25) is 5.75 Å². The number of hydrogen-bond acceptors (Lipinski definition) is 5. The van der Waals surface area contributed by atoms with Gasteiger partial charge in [-0.25, -0.2) is 0 Å². The summed E-state index contributed by atoms with van der Waals surface area (Å²) in [7, 11) is 4.72. The van der Waals surface area contributed by atoms with E-state index >= 15 is 0 Å². The van der Waals surface area contributed by atoms with Gasteiger partial charge in [0.05, 0.1) is 21.3 Å². The normalized spacial score (nSPS) is 16.7. The van der Waals surface area contributed by atoms with Gasteiger partial charge in [0, 0.05) is 30.8 Å². The van der Waals surface area contributed by atoms with E-state index in [-0.39, 0.29) is 5.91 Å². The molecule has 2 aromatic carbocycles. The van der Waals surface area contributed by atoms with Crippen LogP contribution in [0.15, 0.2) is 36.4 Å². The second-order valence-electron chi connectivity index (χ2n) is 7.86. The number of rotatable bonds is 8. The number of likely N-dealkylation sites (tertiary alicyclic amines) is 1. The molecule has 162 valence electrons. The van der Waals surface area contributed by atoms with Crippen molar-refractivity contribution >= 4 is 5.91 Å². The summed E-state index contributed by atoms with van der Waals surface area (Å²) >= 11 is 0. The van der Waals surface area contributed by atoms with Crippen molar-refractivity contribution in [3.8, 4) is 17.2 Å². The summed E-state index contributed by atoms with van der Waals surface area (Å²) in [5, 5.41) is 2.96. The lowest BCUT2D eigenvalue weighted by Gasteiger charge is -2.30. The highest BCUT2D eigenvalue weighted by Gasteiger charge is 2.18. The monoisotopic (exact) mass is 412 g/mol. The van der Waals surface area contributed by atoms with Crippen LogP contribution in [0.1, 0.15) is 41.3 Å². The Bertz CT molecular complexity index is 851. The van der Waals surface area contributed by atoms with E-state index in [0.717, 1.165) is 31.1 Å². The Hall–Kier alpha value is -2.73. The Morgan fingerprint density at radius 3 is 2.40 bits per heavy atom. The fraction of sp³-hybridized carbons (Fsp3) is 0.458. The molecule has 0 aromatic heterocycles. The quantitative estimate of drug-likeness (QED) is 0.713. The van der Waals surface area contributed by atoms with E-state index in [4.69, 9.17) is 14.2 Å². The predicted molar refractivity (Wildman–Crippen MR) is 117 cm³/mol. The summed E-state index contributed by atoms with van der Waals surface area (Å²) in [6, 6.07) is 11.5. The Labute approximate surface area is 179 Å². The highest BCUT2D eigenvalue weighted by Crippen LogP contribution is 2.39. The third-order valence-corrected chi connectivity index (χ3v) is 5.59. The Morgan fingerprint density at radius 1 is 1.03 bits per heavy atom. The maximum absolute atomic E-state index is 12.6. The maximum Gasteiger partial charge on any atom is 0.251 e. The zero-order valence-electron chi connectivity index (χ0n) is 18.4. The molecule has 0 saturated carbocycles. The van der Waals surface area contributed by atoms with Crippen molar-refractivity contribution in [3.63, 3.8) is 0 Å². The number of piperidine rings is 1. The van der Waals surface area contributed by atoms with Gasteiger partial charge in [0.25, 0.3) is 5.91 Å². The first-order valence-electron chi connectivity index (χ1n) is 10.4. The van der Waals surface area contributed by atoms with Crippen LogP contribution < -0.4 is 19.5 Å². The summed E-state index contributed by atoms with van der Waals surface area (Å²) in [5.41, 5.74) is 2.70.